The highest BCUT2D eigenvalue weighted by molar-refractivity contribution is 8.14. The predicted octanol–water partition coefficient (Wildman–Crippen LogP) is -2.19. The number of aliphatic hydroxyl groups is 5. The summed E-state index contributed by atoms with van der Waals surface area (Å²) in [5.41, 5.74) is -2.59. The average molecular weight is 391 g/mol. The number of hydrogen-bond donors (Lipinski definition) is 6. The van der Waals surface area contributed by atoms with E-state index < -0.39 is 52.5 Å². The molecule has 0 aromatic rings. The lowest BCUT2D eigenvalue weighted by Gasteiger charge is -2.39. The minimum Gasteiger partial charge on any atom is -0.394 e. The van der Waals surface area contributed by atoms with Crippen LogP contribution in [0.4, 0.5) is 0 Å². The lowest BCUT2D eigenvalue weighted by atomic mass is 10.0. The van der Waals surface area contributed by atoms with Gasteiger partial charge >= 0.3 is 10.4 Å². The molecule has 0 radical (unpaired) electrons. The molecule has 0 amide bonds. The molecule has 0 unspecified atom stereocenters. The number of aliphatic hydroxyl groups excluding tert-OH is 4. The second-order valence-electron chi connectivity index (χ2n) is 5.79. The van der Waals surface area contributed by atoms with Crippen LogP contribution in [0, 0.1) is 0 Å². The highest BCUT2D eigenvalue weighted by Crippen LogP contribution is 2.31. The summed E-state index contributed by atoms with van der Waals surface area (Å²) in [6, 6.07) is 0. The maximum absolute atomic E-state index is 10.6. The number of nitrogens with zero attached hydrogens (tertiary/aromatic N) is 1. The van der Waals surface area contributed by atoms with E-state index in [1.165, 1.54) is 13.8 Å². The fraction of sp³-hybridized carbons (Fsp3) is 0.909. The molecule has 1 saturated heterocycles. The van der Waals surface area contributed by atoms with Gasteiger partial charge in [0.1, 0.15) is 34.9 Å². The number of hydrogen-bond acceptors (Lipinski definition) is 11. The van der Waals surface area contributed by atoms with Crippen LogP contribution in [0.5, 0.6) is 0 Å². The van der Waals surface area contributed by atoms with Crippen molar-refractivity contribution in [3.8, 4) is 0 Å². The highest BCUT2D eigenvalue weighted by Gasteiger charge is 2.44. The van der Waals surface area contributed by atoms with Crippen LogP contribution in [0.25, 0.3) is 0 Å². The van der Waals surface area contributed by atoms with Crippen LogP contribution in [0.15, 0.2) is 5.16 Å². The Hall–Kier alpha value is -0.510. The fourth-order valence-corrected chi connectivity index (χ4v) is 3.37. The van der Waals surface area contributed by atoms with Crippen LogP contribution in [0.3, 0.4) is 0 Å². The average Bonchev–Trinajstić information content (AvgIpc) is 2.43. The predicted molar refractivity (Wildman–Crippen MR) is 82.3 cm³/mol. The van der Waals surface area contributed by atoms with Gasteiger partial charge in [0.05, 0.1) is 12.2 Å². The summed E-state index contributed by atoms with van der Waals surface area (Å²) in [6.45, 7) is 2.15. The second-order valence-corrected chi connectivity index (χ2v) is 7.97. The van der Waals surface area contributed by atoms with Gasteiger partial charge in [-0.1, -0.05) is 16.9 Å². The van der Waals surface area contributed by atoms with Crippen molar-refractivity contribution in [2.75, 3.05) is 6.61 Å². The summed E-state index contributed by atoms with van der Waals surface area (Å²) in [7, 11) is -4.88. The molecule has 0 aromatic carbocycles. The van der Waals surface area contributed by atoms with Gasteiger partial charge in [-0.15, -0.1) is 0 Å². The smallest absolute Gasteiger partial charge is 0.394 e. The third kappa shape index (κ3) is 6.78. The first-order valence-corrected chi connectivity index (χ1v) is 9.01. The van der Waals surface area contributed by atoms with Crippen molar-refractivity contribution < 1.29 is 47.5 Å². The number of rotatable bonds is 6. The van der Waals surface area contributed by atoms with Crippen molar-refractivity contribution in [2.45, 2.75) is 55.7 Å². The van der Waals surface area contributed by atoms with Gasteiger partial charge < -0.3 is 30.3 Å². The Morgan fingerprint density at radius 3 is 2.29 bits per heavy atom. The number of oxime groups is 1. The molecule has 5 atom stereocenters. The molecule has 0 aliphatic carbocycles. The summed E-state index contributed by atoms with van der Waals surface area (Å²) in [4.78, 5) is 0. The fourth-order valence-electron chi connectivity index (χ4n) is 1.85. The van der Waals surface area contributed by atoms with Gasteiger partial charge in [-0.3, -0.25) is 4.55 Å². The van der Waals surface area contributed by atoms with Gasteiger partial charge in [-0.05, 0) is 13.8 Å². The van der Waals surface area contributed by atoms with Crippen LogP contribution < -0.4 is 0 Å². The van der Waals surface area contributed by atoms with E-state index >= 15 is 0 Å². The van der Waals surface area contributed by atoms with E-state index in [1.807, 2.05) is 0 Å². The Bertz CT molecular complexity index is 543. The van der Waals surface area contributed by atoms with E-state index in [0.717, 1.165) is 0 Å². The summed E-state index contributed by atoms with van der Waals surface area (Å²) in [6.07, 6.45) is -6.16. The molecule has 0 saturated carbocycles. The molecule has 0 aromatic heterocycles. The largest absolute Gasteiger partial charge is 0.466 e. The summed E-state index contributed by atoms with van der Waals surface area (Å²) < 4.78 is 38.9. The van der Waals surface area contributed by atoms with Gasteiger partial charge in [0, 0.05) is 6.42 Å². The van der Waals surface area contributed by atoms with Crippen molar-refractivity contribution in [3.05, 3.63) is 0 Å². The SMILES string of the molecule is CC(C)(O)C/C(=N/OS(=O)(=O)O)S[C@H]1O[C@@H](CO)[C@@H](O)[C@H](O)[C@H]1O. The van der Waals surface area contributed by atoms with Crippen molar-refractivity contribution in [2.24, 2.45) is 5.16 Å². The van der Waals surface area contributed by atoms with Crippen molar-refractivity contribution in [1.82, 2.24) is 0 Å². The first-order valence-electron chi connectivity index (χ1n) is 6.76. The van der Waals surface area contributed by atoms with E-state index in [0.29, 0.717) is 11.8 Å². The monoisotopic (exact) mass is 391 g/mol. The second kappa shape index (κ2) is 8.25. The minimum atomic E-state index is -4.88. The van der Waals surface area contributed by atoms with Crippen LogP contribution in [0.1, 0.15) is 20.3 Å². The Kier molecular flexibility index (Phi) is 7.40. The van der Waals surface area contributed by atoms with E-state index in [2.05, 4.69) is 9.44 Å². The van der Waals surface area contributed by atoms with E-state index in [9.17, 15) is 28.8 Å². The Balaban J connectivity index is 2.95. The van der Waals surface area contributed by atoms with Gasteiger partial charge in [0.15, 0.2) is 0 Å². The van der Waals surface area contributed by atoms with Gasteiger partial charge in [-0.2, -0.15) is 8.42 Å². The summed E-state index contributed by atoms with van der Waals surface area (Å²) in [5.74, 6) is 0. The third-order valence-electron chi connectivity index (χ3n) is 2.92. The van der Waals surface area contributed by atoms with Crippen LogP contribution in [-0.4, -0.2) is 85.6 Å². The number of thioether (sulfide) groups is 1. The first kappa shape index (κ1) is 21.5. The Morgan fingerprint density at radius 1 is 1.25 bits per heavy atom. The summed E-state index contributed by atoms with van der Waals surface area (Å²) in [5, 5.41) is 51.3. The quantitative estimate of drug-likeness (QED) is 0.125. The molecule has 24 heavy (non-hydrogen) atoms. The van der Waals surface area contributed by atoms with Crippen molar-refractivity contribution >= 4 is 27.2 Å². The van der Waals surface area contributed by atoms with Crippen molar-refractivity contribution in [3.63, 3.8) is 0 Å². The zero-order valence-corrected chi connectivity index (χ0v) is 14.5. The third-order valence-corrected chi connectivity index (χ3v) is 4.29. The lowest BCUT2D eigenvalue weighted by Crippen LogP contribution is -2.57. The van der Waals surface area contributed by atoms with Gasteiger partial charge in [0.2, 0.25) is 0 Å². The molecule has 1 aliphatic rings. The Labute approximate surface area is 142 Å². The summed E-state index contributed by atoms with van der Waals surface area (Å²) >= 11 is 0.601. The van der Waals surface area contributed by atoms with E-state index in [4.69, 9.17) is 14.4 Å². The molecule has 11 nitrogen and oxygen atoms in total. The maximum atomic E-state index is 10.6. The molecule has 1 rings (SSSR count). The zero-order chi connectivity index (χ0) is 18.7. The Morgan fingerprint density at radius 2 is 1.83 bits per heavy atom. The normalized spacial score (nSPS) is 32.7. The van der Waals surface area contributed by atoms with Gasteiger partial charge in [0.25, 0.3) is 0 Å². The first-order chi connectivity index (χ1) is 10.8. The van der Waals surface area contributed by atoms with E-state index in [1.54, 1.807) is 0 Å². The van der Waals surface area contributed by atoms with Gasteiger partial charge in [-0.25, -0.2) is 4.28 Å². The van der Waals surface area contributed by atoms with Crippen LogP contribution in [0.2, 0.25) is 0 Å². The van der Waals surface area contributed by atoms with Crippen LogP contribution in [-0.2, 0) is 19.4 Å². The molecule has 6 N–H and O–H groups in total. The molecule has 1 heterocycles. The van der Waals surface area contributed by atoms with E-state index in [-0.39, 0.29) is 11.5 Å². The maximum Gasteiger partial charge on any atom is 0.466 e. The minimum absolute atomic E-state index is 0.176. The topological polar surface area (TPSA) is 186 Å². The molecule has 13 heteroatoms. The molecule has 142 valence electrons. The molecule has 1 aliphatic heterocycles. The highest BCUT2D eigenvalue weighted by atomic mass is 32.3. The number of ether oxygens (including phenoxy) is 1. The molecule has 0 spiro atoms. The van der Waals surface area contributed by atoms with Crippen LogP contribution >= 0.6 is 11.8 Å². The lowest BCUT2D eigenvalue weighted by molar-refractivity contribution is -0.205. The zero-order valence-electron chi connectivity index (χ0n) is 12.9. The molecular formula is C11H21NO10S2. The molecule has 0 bridgehead atoms. The van der Waals surface area contributed by atoms with Crippen molar-refractivity contribution in [1.29, 1.82) is 0 Å². The standard InChI is InChI=1S/C11H21NO10S2/c1-11(2,17)3-6(12-22-24(18,19)20)23-10-9(16)8(15)7(14)5(4-13)21-10/h5,7-10,13-17H,3-4H2,1-2H3,(H,18,19,20)/b12-6-/t5-,7+,8-,9+,10+/m0/s1. The molecule has 1 fully saturated rings. The molecular weight excluding hydrogens is 370 g/mol.